The molecule has 5 nitrogen and oxygen atoms in total. The zero-order chi connectivity index (χ0) is 27.6. The molecule has 2 saturated carbocycles. The molecule has 2 aromatic rings. The van der Waals surface area contributed by atoms with Crippen LogP contribution in [0.3, 0.4) is 0 Å². The number of hydrogen-bond donors (Lipinski definition) is 2. The summed E-state index contributed by atoms with van der Waals surface area (Å²) >= 11 is 0. The van der Waals surface area contributed by atoms with Crippen LogP contribution in [0.1, 0.15) is 80.9 Å². The lowest BCUT2D eigenvalue weighted by molar-refractivity contribution is -0.137. The van der Waals surface area contributed by atoms with Crippen LogP contribution in [0.5, 0.6) is 5.88 Å². The average Bonchev–Trinajstić information content (AvgIpc) is 3.79. The van der Waals surface area contributed by atoms with Crippen LogP contribution < -0.4 is 10.1 Å². The fourth-order valence-corrected chi connectivity index (χ4v) is 6.53. The van der Waals surface area contributed by atoms with Crippen molar-refractivity contribution < 1.29 is 23.0 Å². The molecule has 3 aliphatic rings. The maximum absolute atomic E-state index is 13.2. The van der Waals surface area contributed by atoms with E-state index in [9.17, 15) is 18.3 Å². The summed E-state index contributed by atoms with van der Waals surface area (Å²) in [5.74, 6) is 1.24. The van der Waals surface area contributed by atoms with Crippen molar-refractivity contribution in [3.8, 4) is 5.88 Å². The van der Waals surface area contributed by atoms with Gasteiger partial charge in [-0.1, -0.05) is 19.1 Å². The summed E-state index contributed by atoms with van der Waals surface area (Å²) in [6.07, 6.45) is 5.07. The molecule has 0 radical (unpaired) electrons. The van der Waals surface area contributed by atoms with Gasteiger partial charge < -0.3 is 20.1 Å². The van der Waals surface area contributed by atoms with Crippen molar-refractivity contribution in [3.63, 3.8) is 0 Å². The van der Waals surface area contributed by atoms with Crippen LogP contribution in [-0.2, 0) is 12.7 Å². The summed E-state index contributed by atoms with van der Waals surface area (Å²) in [5.41, 5.74) is 2.31. The van der Waals surface area contributed by atoms with Gasteiger partial charge in [-0.15, -0.1) is 0 Å². The van der Waals surface area contributed by atoms with Crippen LogP contribution in [0.2, 0.25) is 0 Å². The Balaban J connectivity index is 1.22. The predicted molar refractivity (Wildman–Crippen MR) is 145 cm³/mol. The minimum absolute atomic E-state index is 0.0708. The number of methoxy groups -OCH3 is 1. The molecular formula is C31H40F3N3O2. The molecule has 1 aromatic carbocycles. The highest BCUT2D eigenvalue weighted by atomic mass is 19.4. The fraction of sp³-hybridized carbons (Fsp3) is 0.581. The van der Waals surface area contributed by atoms with Crippen LogP contribution >= 0.6 is 0 Å². The number of halogens is 3. The van der Waals surface area contributed by atoms with Crippen molar-refractivity contribution in [1.29, 1.82) is 0 Å². The molecule has 212 valence electrons. The molecular weight excluding hydrogens is 503 g/mol. The third-order valence-corrected chi connectivity index (χ3v) is 9.10. The number of aliphatic hydroxyl groups is 1. The van der Waals surface area contributed by atoms with Crippen LogP contribution in [0, 0.1) is 5.92 Å². The first-order chi connectivity index (χ1) is 18.7. The van der Waals surface area contributed by atoms with Crippen LogP contribution in [0.4, 0.5) is 13.2 Å². The van der Waals surface area contributed by atoms with E-state index in [4.69, 9.17) is 4.74 Å². The molecule has 1 saturated heterocycles. The lowest BCUT2D eigenvalue weighted by Gasteiger charge is -2.38. The monoisotopic (exact) mass is 543 g/mol. The van der Waals surface area contributed by atoms with Gasteiger partial charge in [0, 0.05) is 30.5 Å². The maximum atomic E-state index is 13.2. The summed E-state index contributed by atoms with van der Waals surface area (Å²) in [5, 5.41) is 15.5. The minimum atomic E-state index is -4.36. The summed E-state index contributed by atoms with van der Waals surface area (Å²) in [6, 6.07) is 10.0. The molecule has 0 amide bonds. The first kappa shape index (κ1) is 28.0. The van der Waals surface area contributed by atoms with Crippen molar-refractivity contribution in [2.24, 2.45) is 5.92 Å². The molecule has 2 aliphatic carbocycles. The van der Waals surface area contributed by atoms with E-state index in [-0.39, 0.29) is 12.5 Å². The molecule has 3 atom stereocenters. The molecule has 2 heterocycles. The van der Waals surface area contributed by atoms with Gasteiger partial charge in [0.25, 0.3) is 0 Å². The first-order valence-electron chi connectivity index (χ1n) is 14.3. The van der Waals surface area contributed by atoms with Crippen LogP contribution in [0.25, 0.3) is 0 Å². The SMILES string of the molecule is COc1cc(C2CCN(C3CCC(C)C(O)(C(NCc4cccc(C(F)(F)F)c4)=C4CC4)CC3)CC2)ccn1. The Morgan fingerprint density at radius 1 is 1.10 bits per heavy atom. The molecule has 1 aliphatic heterocycles. The Morgan fingerprint density at radius 2 is 1.87 bits per heavy atom. The fourth-order valence-electron chi connectivity index (χ4n) is 6.53. The normalized spacial score (nSPS) is 26.7. The number of benzene rings is 1. The van der Waals surface area contributed by atoms with E-state index < -0.39 is 17.3 Å². The number of pyridine rings is 1. The molecule has 39 heavy (non-hydrogen) atoms. The van der Waals surface area contributed by atoms with Crippen LogP contribution in [-0.4, -0.2) is 46.8 Å². The topological polar surface area (TPSA) is 57.6 Å². The Bertz CT molecular complexity index is 1170. The van der Waals surface area contributed by atoms with Gasteiger partial charge in [0.15, 0.2) is 0 Å². The highest BCUT2D eigenvalue weighted by Crippen LogP contribution is 2.44. The smallest absolute Gasteiger partial charge is 0.416 e. The van der Waals surface area contributed by atoms with E-state index >= 15 is 0 Å². The number of nitrogens with one attached hydrogen (secondary N) is 1. The van der Waals surface area contributed by atoms with Crippen molar-refractivity contribution in [2.45, 2.75) is 88.6 Å². The van der Waals surface area contributed by atoms with Crippen molar-refractivity contribution in [3.05, 3.63) is 70.6 Å². The molecule has 3 unspecified atom stereocenters. The number of piperidine rings is 1. The van der Waals surface area contributed by atoms with Gasteiger partial charge >= 0.3 is 6.18 Å². The van der Waals surface area contributed by atoms with Gasteiger partial charge in [0.2, 0.25) is 5.88 Å². The lowest BCUT2D eigenvalue weighted by Crippen LogP contribution is -2.44. The van der Waals surface area contributed by atoms with Crippen LogP contribution in [0.15, 0.2) is 53.9 Å². The van der Waals surface area contributed by atoms with Crippen molar-refractivity contribution >= 4 is 0 Å². The largest absolute Gasteiger partial charge is 0.481 e. The zero-order valence-corrected chi connectivity index (χ0v) is 22.9. The summed E-state index contributed by atoms with van der Waals surface area (Å²) < 4.78 is 44.9. The second-order valence-electron chi connectivity index (χ2n) is 11.6. The summed E-state index contributed by atoms with van der Waals surface area (Å²) in [7, 11) is 1.65. The molecule has 8 heteroatoms. The van der Waals surface area contributed by atoms with E-state index in [1.807, 2.05) is 12.3 Å². The molecule has 5 rings (SSSR count). The summed E-state index contributed by atoms with van der Waals surface area (Å²) in [4.78, 5) is 6.84. The van der Waals surface area contributed by atoms with Gasteiger partial charge in [-0.3, -0.25) is 0 Å². The number of likely N-dealkylation sites (tertiary alicyclic amines) is 1. The predicted octanol–water partition coefficient (Wildman–Crippen LogP) is 6.44. The van der Waals surface area contributed by atoms with Crippen molar-refractivity contribution in [2.75, 3.05) is 20.2 Å². The number of nitrogens with zero attached hydrogens (tertiary/aromatic N) is 2. The second kappa shape index (κ2) is 11.5. The highest BCUT2D eigenvalue weighted by Gasteiger charge is 2.44. The zero-order valence-electron chi connectivity index (χ0n) is 22.9. The van der Waals surface area contributed by atoms with Gasteiger partial charge in [-0.05, 0) is 111 Å². The second-order valence-corrected chi connectivity index (χ2v) is 11.6. The van der Waals surface area contributed by atoms with Crippen molar-refractivity contribution in [1.82, 2.24) is 15.2 Å². The molecule has 2 N–H and O–H groups in total. The maximum Gasteiger partial charge on any atom is 0.416 e. The Kier molecular flexibility index (Phi) is 8.24. The van der Waals surface area contributed by atoms with E-state index in [2.05, 4.69) is 28.2 Å². The summed E-state index contributed by atoms with van der Waals surface area (Å²) in [6.45, 7) is 4.47. The van der Waals surface area contributed by atoms with Gasteiger partial charge in [0.05, 0.1) is 12.7 Å². The quantitative estimate of drug-likeness (QED) is 0.394. The van der Waals surface area contributed by atoms with Gasteiger partial charge in [-0.25, -0.2) is 4.98 Å². The number of rotatable bonds is 7. The number of alkyl halides is 3. The van der Waals surface area contributed by atoms with E-state index in [0.29, 0.717) is 29.8 Å². The number of ether oxygens (including phenoxy) is 1. The Hall–Kier alpha value is -2.58. The van der Waals surface area contributed by atoms with Gasteiger partial charge in [0.1, 0.15) is 5.60 Å². The number of hydrogen-bond acceptors (Lipinski definition) is 5. The van der Waals surface area contributed by atoms with E-state index in [0.717, 1.165) is 69.8 Å². The first-order valence-corrected chi connectivity index (χ1v) is 14.3. The highest BCUT2D eigenvalue weighted by molar-refractivity contribution is 5.33. The third-order valence-electron chi connectivity index (χ3n) is 9.10. The van der Waals surface area contributed by atoms with Gasteiger partial charge in [-0.2, -0.15) is 13.2 Å². The van der Waals surface area contributed by atoms with E-state index in [1.54, 1.807) is 13.2 Å². The molecule has 0 bridgehead atoms. The third kappa shape index (κ3) is 6.43. The lowest BCUT2D eigenvalue weighted by atomic mass is 9.81. The average molecular weight is 544 g/mol. The number of aromatic nitrogens is 1. The Labute approximate surface area is 229 Å². The van der Waals surface area contributed by atoms with E-state index in [1.165, 1.54) is 23.3 Å². The molecule has 0 spiro atoms. The molecule has 3 fully saturated rings. The molecule has 1 aromatic heterocycles. The standard InChI is InChI=1S/C31H40F3N3O2/c1-21-6-9-27(37-16-12-23(13-17-37)25-11-15-35-28(19-25)39-2)10-14-30(21,38)29(24-7-8-24)36-20-22-4-3-5-26(18-22)31(32,33)34/h3-5,11,15,18-19,21,23,27,36,38H,6-10,12-14,16-17,20H2,1-2H3. The number of allylic oxidation sites excluding steroid dienone is 1. The minimum Gasteiger partial charge on any atom is -0.481 e. The Morgan fingerprint density at radius 3 is 2.56 bits per heavy atom.